The van der Waals surface area contributed by atoms with Crippen LogP contribution in [0.3, 0.4) is 0 Å². The Labute approximate surface area is 194 Å². The number of benzene rings is 1. The van der Waals surface area contributed by atoms with Gasteiger partial charge in [-0.3, -0.25) is 4.79 Å². The predicted molar refractivity (Wildman–Crippen MR) is 126 cm³/mol. The average Bonchev–Trinajstić information content (AvgIpc) is 2.95. The summed E-state index contributed by atoms with van der Waals surface area (Å²) >= 11 is 12.6. The highest BCUT2D eigenvalue weighted by molar-refractivity contribution is 6.34. The average molecular weight is 458 g/mol. The van der Waals surface area contributed by atoms with Crippen LogP contribution < -0.4 is 5.43 Å². The minimum absolute atomic E-state index is 0.107. The lowest BCUT2D eigenvalue weighted by molar-refractivity contribution is -0.155. The number of hydrazone groups is 1. The molecule has 1 heterocycles. The van der Waals surface area contributed by atoms with E-state index in [2.05, 4.69) is 22.0 Å². The van der Waals surface area contributed by atoms with Crippen LogP contribution in [0.4, 0.5) is 0 Å². The Morgan fingerprint density at radius 3 is 2.55 bits per heavy atom. The standard InChI is InChI=1S/C25H29Cl2N3O/c1-15-6-19(16(2)30(15)22-8-20(26)4-5-21(22)27)13-28-29-23(31)25-11-17-7-18(12-25)10-24(3,9-17)14-25/h4-6,8,13,17-18H,7,9-12,14H2,1-3H3,(H,29,31)/b28-13+. The molecule has 164 valence electrons. The summed E-state index contributed by atoms with van der Waals surface area (Å²) < 4.78 is 2.07. The van der Waals surface area contributed by atoms with Crippen LogP contribution in [0.2, 0.25) is 10.0 Å². The second-order valence-corrected chi connectivity index (χ2v) is 11.4. The van der Waals surface area contributed by atoms with Crippen LogP contribution in [0.25, 0.3) is 5.69 Å². The first kappa shape index (κ1) is 21.1. The van der Waals surface area contributed by atoms with Crippen LogP contribution in [-0.4, -0.2) is 16.7 Å². The van der Waals surface area contributed by atoms with Crippen molar-refractivity contribution in [3.8, 4) is 5.69 Å². The minimum Gasteiger partial charge on any atom is -0.316 e. The maximum absolute atomic E-state index is 13.2. The molecule has 4 saturated carbocycles. The molecule has 4 aliphatic rings. The van der Waals surface area contributed by atoms with Crippen LogP contribution >= 0.6 is 23.2 Å². The van der Waals surface area contributed by atoms with Gasteiger partial charge in [-0.25, -0.2) is 5.43 Å². The van der Waals surface area contributed by atoms with Crippen molar-refractivity contribution in [1.82, 2.24) is 9.99 Å². The lowest BCUT2D eigenvalue weighted by atomic mass is 9.44. The maximum atomic E-state index is 13.2. The maximum Gasteiger partial charge on any atom is 0.246 e. The highest BCUT2D eigenvalue weighted by Crippen LogP contribution is 2.65. The van der Waals surface area contributed by atoms with E-state index in [1.165, 1.54) is 19.3 Å². The smallest absolute Gasteiger partial charge is 0.246 e. The third kappa shape index (κ3) is 3.62. The minimum atomic E-state index is -0.221. The predicted octanol–water partition coefficient (Wildman–Crippen LogP) is 6.46. The Morgan fingerprint density at radius 2 is 1.87 bits per heavy atom. The largest absolute Gasteiger partial charge is 0.316 e. The van der Waals surface area contributed by atoms with Gasteiger partial charge >= 0.3 is 0 Å². The molecule has 0 saturated heterocycles. The Bertz CT molecular complexity index is 1070. The zero-order valence-corrected chi connectivity index (χ0v) is 19.9. The number of halogens is 2. The van der Waals surface area contributed by atoms with Gasteiger partial charge in [-0.2, -0.15) is 5.10 Å². The van der Waals surface area contributed by atoms with Gasteiger partial charge in [0, 0.05) is 22.0 Å². The Morgan fingerprint density at radius 1 is 1.16 bits per heavy atom. The summed E-state index contributed by atoms with van der Waals surface area (Å²) in [7, 11) is 0. The third-order valence-corrected chi connectivity index (χ3v) is 8.38. The van der Waals surface area contributed by atoms with E-state index in [0.29, 0.717) is 27.3 Å². The number of rotatable bonds is 4. The number of aromatic nitrogens is 1. The van der Waals surface area contributed by atoms with Crippen molar-refractivity contribution in [2.75, 3.05) is 0 Å². The molecule has 31 heavy (non-hydrogen) atoms. The molecule has 2 unspecified atom stereocenters. The monoisotopic (exact) mass is 457 g/mol. The SMILES string of the molecule is Cc1cc(/C=N/NC(=O)C23CC4CC(CC(C)(C4)C2)C3)c(C)n1-c1cc(Cl)ccc1Cl. The van der Waals surface area contributed by atoms with E-state index in [1.807, 2.05) is 26.0 Å². The summed E-state index contributed by atoms with van der Waals surface area (Å²) in [6.07, 6.45) is 8.71. The van der Waals surface area contributed by atoms with Crippen molar-refractivity contribution < 1.29 is 4.79 Å². The van der Waals surface area contributed by atoms with Crippen molar-refractivity contribution >= 4 is 35.3 Å². The van der Waals surface area contributed by atoms with Crippen molar-refractivity contribution in [3.63, 3.8) is 0 Å². The molecule has 1 aromatic heterocycles. The lowest BCUT2D eigenvalue weighted by Crippen LogP contribution is -2.56. The molecular formula is C25H29Cl2N3O. The molecule has 2 atom stereocenters. The van der Waals surface area contributed by atoms with E-state index < -0.39 is 0 Å². The molecule has 1 amide bonds. The molecule has 6 heteroatoms. The first-order chi connectivity index (χ1) is 14.7. The van der Waals surface area contributed by atoms with E-state index >= 15 is 0 Å². The number of hydrogen-bond acceptors (Lipinski definition) is 2. The molecule has 4 nitrogen and oxygen atoms in total. The van der Waals surface area contributed by atoms with Crippen molar-refractivity contribution in [1.29, 1.82) is 0 Å². The molecule has 2 aromatic rings. The lowest BCUT2D eigenvalue weighted by Gasteiger charge is -2.60. The Hall–Kier alpha value is -1.78. The van der Waals surface area contributed by atoms with E-state index in [9.17, 15) is 4.79 Å². The molecule has 4 bridgehead atoms. The van der Waals surface area contributed by atoms with Crippen LogP contribution in [0, 0.1) is 36.5 Å². The molecule has 1 aromatic carbocycles. The fourth-order valence-corrected chi connectivity index (χ4v) is 7.58. The van der Waals surface area contributed by atoms with Crippen molar-refractivity contribution in [2.24, 2.45) is 27.8 Å². The van der Waals surface area contributed by atoms with Gasteiger partial charge in [0.05, 0.1) is 22.3 Å². The van der Waals surface area contributed by atoms with Gasteiger partial charge in [0.2, 0.25) is 5.91 Å². The molecular weight excluding hydrogens is 429 g/mol. The highest BCUT2D eigenvalue weighted by Gasteiger charge is 2.58. The summed E-state index contributed by atoms with van der Waals surface area (Å²) in [5, 5.41) is 5.65. The van der Waals surface area contributed by atoms with Gasteiger partial charge in [-0.15, -0.1) is 0 Å². The number of hydrogen-bond donors (Lipinski definition) is 1. The van der Waals surface area contributed by atoms with E-state index in [0.717, 1.165) is 41.9 Å². The summed E-state index contributed by atoms with van der Waals surface area (Å²) in [5.74, 6) is 1.53. The van der Waals surface area contributed by atoms with E-state index in [-0.39, 0.29) is 11.3 Å². The fraction of sp³-hybridized carbons (Fsp3) is 0.520. The number of amides is 1. The number of nitrogens with one attached hydrogen (secondary N) is 1. The Kier molecular flexibility index (Phi) is 5.02. The van der Waals surface area contributed by atoms with Crippen molar-refractivity contribution in [2.45, 2.75) is 59.3 Å². The molecule has 6 rings (SSSR count). The summed E-state index contributed by atoms with van der Waals surface area (Å²) in [5.41, 5.74) is 6.84. The number of carbonyl (C=O) groups is 1. The zero-order chi connectivity index (χ0) is 22.0. The molecule has 0 radical (unpaired) electrons. The normalized spacial score (nSPS) is 31.5. The summed E-state index contributed by atoms with van der Waals surface area (Å²) in [6, 6.07) is 7.50. The van der Waals surface area contributed by atoms with Crippen LogP contribution in [0.1, 0.15) is 62.4 Å². The second-order valence-electron chi connectivity index (χ2n) is 10.5. The van der Waals surface area contributed by atoms with Crippen LogP contribution in [0.15, 0.2) is 29.4 Å². The molecule has 0 aliphatic heterocycles. The van der Waals surface area contributed by atoms with Gasteiger partial charge in [-0.1, -0.05) is 30.1 Å². The van der Waals surface area contributed by atoms with E-state index in [4.69, 9.17) is 23.2 Å². The van der Waals surface area contributed by atoms with Crippen LogP contribution in [0.5, 0.6) is 0 Å². The highest BCUT2D eigenvalue weighted by atomic mass is 35.5. The summed E-state index contributed by atoms with van der Waals surface area (Å²) in [6.45, 7) is 6.43. The third-order valence-electron chi connectivity index (χ3n) is 7.82. The number of aryl methyl sites for hydroxylation is 1. The molecule has 4 fully saturated rings. The fourth-order valence-electron chi connectivity index (χ4n) is 7.21. The topological polar surface area (TPSA) is 46.4 Å². The molecule has 0 spiro atoms. The molecule has 1 N–H and O–H groups in total. The zero-order valence-electron chi connectivity index (χ0n) is 18.3. The first-order valence-corrected chi connectivity index (χ1v) is 11.9. The Balaban J connectivity index is 1.35. The first-order valence-electron chi connectivity index (χ1n) is 11.2. The van der Waals surface area contributed by atoms with Gasteiger partial charge in [0.25, 0.3) is 0 Å². The van der Waals surface area contributed by atoms with Gasteiger partial charge in [-0.05, 0) is 93.9 Å². The van der Waals surface area contributed by atoms with Gasteiger partial charge in [0.1, 0.15) is 0 Å². The number of nitrogens with zero attached hydrogens (tertiary/aromatic N) is 2. The van der Waals surface area contributed by atoms with E-state index in [1.54, 1.807) is 18.3 Å². The second kappa shape index (κ2) is 7.38. The number of carbonyl (C=O) groups excluding carboxylic acids is 1. The van der Waals surface area contributed by atoms with Gasteiger partial charge in [0.15, 0.2) is 0 Å². The quantitative estimate of drug-likeness (QED) is 0.415. The van der Waals surface area contributed by atoms with Crippen molar-refractivity contribution in [3.05, 3.63) is 51.3 Å². The van der Waals surface area contributed by atoms with Crippen LogP contribution in [-0.2, 0) is 4.79 Å². The molecule has 4 aliphatic carbocycles. The summed E-state index contributed by atoms with van der Waals surface area (Å²) in [4.78, 5) is 13.2. The van der Waals surface area contributed by atoms with Gasteiger partial charge < -0.3 is 4.57 Å².